The van der Waals surface area contributed by atoms with E-state index in [0.717, 1.165) is 30.8 Å². The third-order valence-corrected chi connectivity index (χ3v) is 5.36. The first-order valence-corrected chi connectivity index (χ1v) is 9.31. The number of ether oxygens (including phenoxy) is 1. The Bertz CT molecular complexity index is 642. The molecule has 0 radical (unpaired) electrons. The van der Waals surface area contributed by atoms with Crippen molar-refractivity contribution in [1.29, 1.82) is 0 Å². The molecule has 138 valence electrons. The van der Waals surface area contributed by atoms with E-state index in [1.807, 2.05) is 30.9 Å². The Morgan fingerprint density at radius 2 is 2.24 bits per heavy atom. The highest BCUT2D eigenvalue weighted by Gasteiger charge is 2.37. The molecule has 3 rings (SSSR count). The van der Waals surface area contributed by atoms with Gasteiger partial charge in [-0.3, -0.25) is 9.69 Å². The van der Waals surface area contributed by atoms with E-state index < -0.39 is 0 Å². The van der Waals surface area contributed by atoms with E-state index in [9.17, 15) is 9.90 Å². The number of fused-ring (bicyclic) bond motifs is 1. The van der Waals surface area contributed by atoms with Crippen LogP contribution in [-0.2, 0) is 5.41 Å². The molecule has 1 saturated heterocycles. The monoisotopic (exact) mass is 346 g/mol. The number of carbonyl (C=O) groups is 1. The normalized spacial score (nSPS) is 23.2. The minimum absolute atomic E-state index is 0.0515. The number of carbonyl (C=O) groups excluding carboxylic acids is 1. The predicted molar refractivity (Wildman–Crippen MR) is 98.2 cm³/mol. The van der Waals surface area contributed by atoms with Gasteiger partial charge in [0.1, 0.15) is 5.75 Å². The molecule has 25 heavy (non-hydrogen) atoms. The van der Waals surface area contributed by atoms with Gasteiger partial charge in [-0.1, -0.05) is 26.0 Å². The maximum Gasteiger partial charge on any atom is 0.257 e. The van der Waals surface area contributed by atoms with Gasteiger partial charge < -0.3 is 14.7 Å². The standard InChI is InChI=1S/C20H30N2O3/c1-5-22(15-9-10-21(12-15)11-14(2)23)19(24)16-7-6-8-17-18(16)25-13-20(17,3)4/h6-8,14-15,23H,5,9-13H2,1-4H3. The van der Waals surface area contributed by atoms with E-state index in [1.54, 1.807) is 0 Å². The summed E-state index contributed by atoms with van der Waals surface area (Å²) in [7, 11) is 0. The van der Waals surface area contributed by atoms with E-state index in [4.69, 9.17) is 4.74 Å². The summed E-state index contributed by atoms with van der Waals surface area (Å²) in [6.07, 6.45) is 0.616. The molecule has 0 aromatic heterocycles. The second kappa shape index (κ2) is 6.96. The lowest BCUT2D eigenvalue weighted by atomic mass is 9.86. The van der Waals surface area contributed by atoms with Crippen molar-refractivity contribution < 1.29 is 14.6 Å². The molecular weight excluding hydrogens is 316 g/mol. The molecule has 2 atom stereocenters. The highest BCUT2D eigenvalue weighted by molar-refractivity contribution is 5.98. The molecule has 5 heteroatoms. The maximum absolute atomic E-state index is 13.2. The number of rotatable bonds is 5. The van der Waals surface area contributed by atoms with Gasteiger partial charge in [-0.25, -0.2) is 0 Å². The Balaban J connectivity index is 1.80. The van der Waals surface area contributed by atoms with Crippen molar-refractivity contribution in [1.82, 2.24) is 9.80 Å². The lowest BCUT2D eigenvalue weighted by Gasteiger charge is -2.29. The number of benzene rings is 1. The van der Waals surface area contributed by atoms with Crippen molar-refractivity contribution in [3.63, 3.8) is 0 Å². The van der Waals surface area contributed by atoms with Crippen LogP contribution in [0.2, 0.25) is 0 Å². The number of likely N-dealkylation sites (N-methyl/N-ethyl adjacent to an activating group) is 1. The average Bonchev–Trinajstić information content (AvgIpc) is 3.12. The van der Waals surface area contributed by atoms with Crippen molar-refractivity contribution >= 4 is 5.91 Å². The van der Waals surface area contributed by atoms with Crippen LogP contribution in [0.25, 0.3) is 0 Å². The molecule has 2 aliphatic heterocycles. The van der Waals surface area contributed by atoms with Gasteiger partial charge in [0.05, 0.1) is 18.3 Å². The van der Waals surface area contributed by atoms with Crippen molar-refractivity contribution in [2.75, 3.05) is 32.8 Å². The molecule has 0 saturated carbocycles. The lowest BCUT2D eigenvalue weighted by molar-refractivity contribution is 0.0683. The number of nitrogens with zero attached hydrogens (tertiary/aromatic N) is 2. The van der Waals surface area contributed by atoms with Crippen LogP contribution in [0.3, 0.4) is 0 Å². The number of aliphatic hydroxyl groups is 1. The molecule has 2 aliphatic rings. The van der Waals surface area contributed by atoms with Crippen LogP contribution in [0.5, 0.6) is 5.75 Å². The third kappa shape index (κ3) is 3.53. The van der Waals surface area contributed by atoms with Crippen LogP contribution in [-0.4, -0.2) is 65.7 Å². The molecule has 1 amide bonds. The number of para-hydroxylation sites is 1. The fraction of sp³-hybridized carbons (Fsp3) is 0.650. The molecule has 2 unspecified atom stereocenters. The van der Waals surface area contributed by atoms with E-state index in [1.165, 1.54) is 0 Å². The highest BCUT2D eigenvalue weighted by Crippen LogP contribution is 2.41. The summed E-state index contributed by atoms with van der Waals surface area (Å²) in [6.45, 7) is 11.8. The predicted octanol–water partition coefficient (Wildman–Crippen LogP) is 2.27. The average molecular weight is 346 g/mol. The quantitative estimate of drug-likeness (QED) is 0.889. The van der Waals surface area contributed by atoms with Crippen LogP contribution >= 0.6 is 0 Å². The summed E-state index contributed by atoms with van der Waals surface area (Å²) >= 11 is 0. The fourth-order valence-corrected chi connectivity index (χ4v) is 4.05. The number of likely N-dealkylation sites (tertiary alicyclic amines) is 1. The number of β-amino-alcohol motifs (C(OH)–C–C–N with tert-alkyl or cyclic N) is 1. The molecule has 5 nitrogen and oxygen atoms in total. The summed E-state index contributed by atoms with van der Waals surface area (Å²) in [5.74, 6) is 0.815. The van der Waals surface area contributed by atoms with Crippen molar-refractivity contribution in [2.24, 2.45) is 0 Å². The Kier molecular flexibility index (Phi) is 5.07. The Hall–Kier alpha value is -1.59. The summed E-state index contributed by atoms with van der Waals surface area (Å²) < 4.78 is 5.91. The maximum atomic E-state index is 13.2. The molecule has 1 fully saturated rings. The van der Waals surface area contributed by atoms with Gasteiger partial charge in [-0.15, -0.1) is 0 Å². The molecule has 0 aliphatic carbocycles. The van der Waals surface area contributed by atoms with Gasteiger partial charge in [0.25, 0.3) is 5.91 Å². The summed E-state index contributed by atoms with van der Waals surface area (Å²) in [4.78, 5) is 17.4. The first-order chi connectivity index (χ1) is 11.8. The smallest absolute Gasteiger partial charge is 0.257 e. The van der Waals surface area contributed by atoms with E-state index in [-0.39, 0.29) is 23.5 Å². The number of amides is 1. The molecule has 1 N–H and O–H groups in total. The Morgan fingerprint density at radius 3 is 2.92 bits per heavy atom. The van der Waals surface area contributed by atoms with Gasteiger partial charge in [-0.2, -0.15) is 0 Å². The molecule has 1 aromatic carbocycles. The molecule has 0 bridgehead atoms. The van der Waals surface area contributed by atoms with Crippen molar-refractivity contribution in [3.05, 3.63) is 29.3 Å². The molecule has 0 spiro atoms. The van der Waals surface area contributed by atoms with Gasteiger partial charge >= 0.3 is 0 Å². The zero-order valence-electron chi connectivity index (χ0n) is 15.8. The van der Waals surface area contributed by atoms with E-state index in [0.29, 0.717) is 25.3 Å². The van der Waals surface area contributed by atoms with E-state index >= 15 is 0 Å². The van der Waals surface area contributed by atoms with Crippen molar-refractivity contribution in [2.45, 2.75) is 51.7 Å². The second-order valence-electron chi connectivity index (χ2n) is 8.00. The first-order valence-electron chi connectivity index (χ1n) is 9.31. The largest absolute Gasteiger partial charge is 0.492 e. The molecular formula is C20H30N2O3. The SMILES string of the molecule is CCN(C(=O)c1cccc2c1OCC2(C)C)C1CCN(CC(C)O)C1. The summed E-state index contributed by atoms with van der Waals surface area (Å²) in [5.41, 5.74) is 1.75. The number of hydrogen-bond acceptors (Lipinski definition) is 4. The number of aliphatic hydroxyl groups excluding tert-OH is 1. The first kappa shape index (κ1) is 18.2. The number of hydrogen-bond donors (Lipinski definition) is 1. The van der Waals surface area contributed by atoms with Crippen LogP contribution < -0.4 is 4.74 Å². The van der Waals surface area contributed by atoms with Crippen LogP contribution in [0, 0.1) is 0 Å². The van der Waals surface area contributed by atoms with Crippen molar-refractivity contribution in [3.8, 4) is 5.75 Å². The van der Waals surface area contributed by atoms with Gasteiger partial charge in [0.2, 0.25) is 0 Å². The van der Waals surface area contributed by atoms with Gasteiger partial charge in [0, 0.05) is 43.2 Å². The zero-order valence-corrected chi connectivity index (χ0v) is 15.8. The minimum Gasteiger partial charge on any atom is -0.492 e. The highest BCUT2D eigenvalue weighted by atomic mass is 16.5. The van der Waals surface area contributed by atoms with Crippen LogP contribution in [0.1, 0.15) is 50.0 Å². The van der Waals surface area contributed by atoms with Crippen LogP contribution in [0.4, 0.5) is 0 Å². The van der Waals surface area contributed by atoms with Gasteiger partial charge in [0.15, 0.2) is 0 Å². The summed E-state index contributed by atoms with van der Waals surface area (Å²) in [6, 6.07) is 6.11. The molecule has 1 aromatic rings. The van der Waals surface area contributed by atoms with Gasteiger partial charge in [-0.05, 0) is 26.3 Å². The Labute approximate surface area is 150 Å². The second-order valence-corrected chi connectivity index (χ2v) is 8.00. The van der Waals surface area contributed by atoms with E-state index in [2.05, 4.69) is 24.8 Å². The fourth-order valence-electron chi connectivity index (χ4n) is 4.05. The topological polar surface area (TPSA) is 53.0 Å². The summed E-state index contributed by atoms with van der Waals surface area (Å²) in [5, 5.41) is 9.60. The Morgan fingerprint density at radius 1 is 1.48 bits per heavy atom. The van der Waals surface area contributed by atoms with Crippen LogP contribution in [0.15, 0.2) is 18.2 Å². The minimum atomic E-state index is -0.336. The molecule has 2 heterocycles. The lowest BCUT2D eigenvalue weighted by Crippen LogP contribution is -2.42. The third-order valence-electron chi connectivity index (χ3n) is 5.36. The zero-order chi connectivity index (χ0) is 18.2.